The lowest BCUT2D eigenvalue weighted by molar-refractivity contribution is 0.0958. The molecule has 0 bridgehead atoms. The van der Waals surface area contributed by atoms with Crippen LogP contribution in [0.3, 0.4) is 0 Å². The summed E-state index contributed by atoms with van der Waals surface area (Å²) in [5.41, 5.74) is 2.60. The van der Waals surface area contributed by atoms with Gasteiger partial charge in [-0.3, -0.25) is 24.9 Å². The quantitative estimate of drug-likeness (QED) is 0.744. The Morgan fingerprint density at radius 3 is 2.92 bits per heavy atom. The molecule has 0 unspecified atom stereocenters. The molecule has 7 nitrogen and oxygen atoms in total. The molecule has 1 aliphatic heterocycles. The summed E-state index contributed by atoms with van der Waals surface area (Å²) in [7, 11) is 0. The van der Waals surface area contributed by atoms with E-state index in [0.29, 0.717) is 27.6 Å². The number of carbonyl (C=O) groups is 2. The molecule has 0 aliphatic carbocycles. The Hall–Kier alpha value is -2.87. The number of amides is 2. The van der Waals surface area contributed by atoms with Gasteiger partial charge in [0.25, 0.3) is 11.8 Å². The Morgan fingerprint density at radius 1 is 1.21 bits per heavy atom. The zero-order valence-corrected chi connectivity index (χ0v) is 13.4. The Balaban J connectivity index is 1.59. The fourth-order valence-electron chi connectivity index (χ4n) is 2.56. The van der Waals surface area contributed by atoms with Gasteiger partial charge in [0.15, 0.2) is 5.13 Å². The van der Waals surface area contributed by atoms with Crippen LogP contribution in [0.25, 0.3) is 11.0 Å². The number of thiazole rings is 1. The fraction of sp³-hybridized carbons (Fsp3) is 0.188. The molecule has 0 saturated carbocycles. The highest BCUT2D eigenvalue weighted by Gasteiger charge is 2.21. The zero-order chi connectivity index (χ0) is 16.5. The van der Waals surface area contributed by atoms with Crippen LogP contribution in [-0.4, -0.2) is 33.3 Å². The predicted molar refractivity (Wildman–Crippen MR) is 90.3 cm³/mol. The molecule has 1 aromatic carbocycles. The number of aromatic nitrogens is 3. The highest BCUT2D eigenvalue weighted by Crippen LogP contribution is 2.26. The number of rotatable bonds is 2. The molecule has 3 heterocycles. The monoisotopic (exact) mass is 339 g/mol. The third-order valence-electron chi connectivity index (χ3n) is 3.73. The molecule has 8 heteroatoms. The minimum Gasteiger partial charge on any atom is -0.351 e. The van der Waals surface area contributed by atoms with Crippen LogP contribution in [0.4, 0.5) is 5.13 Å². The van der Waals surface area contributed by atoms with E-state index in [2.05, 4.69) is 25.6 Å². The summed E-state index contributed by atoms with van der Waals surface area (Å²) in [6, 6.07) is 5.13. The van der Waals surface area contributed by atoms with Gasteiger partial charge in [-0.2, -0.15) is 0 Å². The Labute approximate surface area is 141 Å². The molecule has 24 heavy (non-hydrogen) atoms. The van der Waals surface area contributed by atoms with Crippen molar-refractivity contribution < 1.29 is 9.59 Å². The Kier molecular flexibility index (Phi) is 3.66. The van der Waals surface area contributed by atoms with Crippen LogP contribution in [0.1, 0.15) is 32.1 Å². The molecule has 0 saturated heterocycles. The summed E-state index contributed by atoms with van der Waals surface area (Å²) in [6.07, 6.45) is 4.77. The number of nitrogens with zero attached hydrogens (tertiary/aromatic N) is 3. The molecule has 4 rings (SSSR count). The third-order valence-corrected chi connectivity index (χ3v) is 4.74. The van der Waals surface area contributed by atoms with Crippen LogP contribution in [0.2, 0.25) is 0 Å². The first-order chi connectivity index (χ1) is 11.7. The minimum absolute atomic E-state index is 0.124. The summed E-state index contributed by atoms with van der Waals surface area (Å²) in [6.45, 7) is 0.654. The predicted octanol–water partition coefficient (Wildman–Crippen LogP) is 2.01. The molecule has 1 aliphatic rings. The average molecular weight is 339 g/mol. The van der Waals surface area contributed by atoms with Gasteiger partial charge in [-0.05, 0) is 31.0 Å². The summed E-state index contributed by atoms with van der Waals surface area (Å²) in [4.78, 5) is 37.7. The van der Waals surface area contributed by atoms with E-state index in [1.807, 2.05) is 0 Å². The maximum atomic E-state index is 12.4. The topological polar surface area (TPSA) is 96.9 Å². The van der Waals surface area contributed by atoms with Crippen LogP contribution < -0.4 is 10.6 Å². The second-order valence-electron chi connectivity index (χ2n) is 5.37. The maximum absolute atomic E-state index is 12.4. The standard InChI is InChI=1S/C16H13N5O2S/c22-14(9-3-4-10-12(8-9)18-7-6-17-10)21-16-20-11-2-1-5-19-15(23)13(11)24-16/h3-4,6-8H,1-2,5H2,(H,19,23)(H,20,21,22). The van der Waals surface area contributed by atoms with E-state index in [0.717, 1.165) is 24.1 Å². The van der Waals surface area contributed by atoms with E-state index in [-0.39, 0.29) is 11.8 Å². The molecular formula is C16H13N5O2S. The SMILES string of the molecule is O=C(Nc1nc2c(s1)C(=O)NCCC2)c1ccc2nccnc2c1. The fourth-order valence-corrected chi connectivity index (χ4v) is 3.49. The van der Waals surface area contributed by atoms with Gasteiger partial charge in [-0.25, -0.2) is 4.98 Å². The van der Waals surface area contributed by atoms with Crippen molar-refractivity contribution in [2.75, 3.05) is 11.9 Å². The molecule has 0 radical (unpaired) electrons. The lowest BCUT2D eigenvalue weighted by Crippen LogP contribution is -2.21. The first kappa shape index (κ1) is 14.7. The number of nitrogens with one attached hydrogen (secondary N) is 2. The van der Waals surface area contributed by atoms with Crippen LogP contribution >= 0.6 is 11.3 Å². The van der Waals surface area contributed by atoms with Crippen molar-refractivity contribution in [3.05, 3.63) is 46.7 Å². The molecule has 0 fully saturated rings. The van der Waals surface area contributed by atoms with Gasteiger partial charge in [0.05, 0.1) is 16.7 Å². The summed E-state index contributed by atoms with van der Waals surface area (Å²) in [5, 5.41) is 6.02. The van der Waals surface area contributed by atoms with Crippen molar-refractivity contribution in [2.24, 2.45) is 0 Å². The smallest absolute Gasteiger partial charge is 0.263 e. The zero-order valence-electron chi connectivity index (χ0n) is 12.6. The number of carbonyl (C=O) groups excluding carboxylic acids is 2. The molecule has 2 aromatic heterocycles. The average Bonchev–Trinajstić information content (AvgIpc) is 2.93. The molecule has 0 atom stereocenters. The maximum Gasteiger partial charge on any atom is 0.263 e. The van der Waals surface area contributed by atoms with Gasteiger partial charge in [-0.15, -0.1) is 0 Å². The molecular weight excluding hydrogens is 326 g/mol. The van der Waals surface area contributed by atoms with Crippen molar-refractivity contribution in [3.8, 4) is 0 Å². The first-order valence-corrected chi connectivity index (χ1v) is 8.32. The van der Waals surface area contributed by atoms with Gasteiger partial charge in [0, 0.05) is 24.5 Å². The van der Waals surface area contributed by atoms with Crippen LogP contribution in [-0.2, 0) is 6.42 Å². The number of fused-ring (bicyclic) bond motifs is 2. The minimum atomic E-state index is -0.285. The largest absolute Gasteiger partial charge is 0.351 e. The van der Waals surface area contributed by atoms with E-state index in [4.69, 9.17) is 0 Å². The normalized spacial score (nSPS) is 13.9. The van der Waals surface area contributed by atoms with Crippen molar-refractivity contribution in [2.45, 2.75) is 12.8 Å². The summed E-state index contributed by atoms with van der Waals surface area (Å²) >= 11 is 1.20. The lowest BCUT2D eigenvalue weighted by atomic mass is 10.2. The van der Waals surface area contributed by atoms with E-state index < -0.39 is 0 Å². The molecule has 2 amide bonds. The number of hydrogen-bond donors (Lipinski definition) is 2. The molecule has 2 N–H and O–H groups in total. The highest BCUT2D eigenvalue weighted by molar-refractivity contribution is 7.17. The van der Waals surface area contributed by atoms with Crippen molar-refractivity contribution in [1.82, 2.24) is 20.3 Å². The van der Waals surface area contributed by atoms with Gasteiger partial charge in [0.1, 0.15) is 4.88 Å². The van der Waals surface area contributed by atoms with Crippen molar-refractivity contribution in [3.63, 3.8) is 0 Å². The Morgan fingerprint density at radius 2 is 2.04 bits per heavy atom. The number of benzene rings is 1. The van der Waals surface area contributed by atoms with Crippen LogP contribution in [0, 0.1) is 0 Å². The lowest BCUT2D eigenvalue weighted by Gasteiger charge is -2.03. The second-order valence-corrected chi connectivity index (χ2v) is 6.37. The number of anilines is 1. The van der Waals surface area contributed by atoms with Gasteiger partial charge < -0.3 is 5.32 Å². The van der Waals surface area contributed by atoms with E-state index in [1.54, 1.807) is 30.6 Å². The van der Waals surface area contributed by atoms with Crippen LogP contribution in [0.15, 0.2) is 30.6 Å². The molecule has 0 spiro atoms. The summed E-state index contributed by atoms with van der Waals surface area (Å²) in [5.74, 6) is -0.409. The van der Waals surface area contributed by atoms with E-state index in [9.17, 15) is 9.59 Å². The van der Waals surface area contributed by atoms with Gasteiger partial charge in [0.2, 0.25) is 0 Å². The van der Waals surface area contributed by atoms with Crippen molar-refractivity contribution >= 4 is 39.3 Å². The van der Waals surface area contributed by atoms with E-state index in [1.165, 1.54) is 11.3 Å². The first-order valence-electron chi connectivity index (χ1n) is 7.51. The number of aryl methyl sites for hydroxylation is 1. The van der Waals surface area contributed by atoms with Gasteiger partial charge >= 0.3 is 0 Å². The van der Waals surface area contributed by atoms with E-state index >= 15 is 0 Å². The highest BCUT2D eigenvalue weighted by atomic mass is 32.1. The molecule has 120 valence electrons. The summed E-state index contributed by atoms with van der Waals surface area (Å²) < 4.78 is 0. The third kappa shape index (κ3) is 2.71. The molecule has 3 aromatic rings. The Bertz CT molecular complexity index is 953. The van der Waals surface area contributed by atoms with Crippen LogP contribution in [0.5, 0.6) is 0 Å². The van der Waals surface area contributed by atoms with Crippen molar-refractivity contribution in [1.29, 1.82) is 0 Å². The van der Waals surface area contributed by atoms with Gasteiger partial charge in [-0.1, -0.05) is 11.3 Å². The second kappa shape index (κ2) is 5.97. The number of hydrogen-bond acceptors (Lipinski definition) is 6.